The second kappa shape index (κ2) is 13.1. The number of halogens is 4. The van der Waals surface area contributed by atoms with E-state index in [1.165, 1.54) is 26.8 Å². The highest BCUT2D eigenvalue weighted by Gasteiger charge is 2.33. The van der Waals surface area contributed by atoms with Crippen molar-refractivity contribution in [3.8, 4) is 5.88 Å². The van der Waals surface area contributed by atoms with Crippen molar-refractivity contribution in [3.05, 3.63) is 53.0 Å². The van der Waals surface area contributed by atoms with Crippen LogP contribution in [0.3, 0.4) is 0 Å². The SMILES string of the molecule is CCCCOc1nc(C(F)(F)F)ccc1CNC(=O)Nc1ccc(CN(C(=O)OC(C)(C)C)S(N)(=O)=O)c(F)c1. The van der Waals surface area contributed by atoms with Crippen molar-refractivity contribution in [1.82, 2.24) is 14.6 Å². The minimum absolute atomic E-state index is 0.0388. The van der Waals surface area contributed by atoms with Gasteiger partial charge < -0.3 is 20.1 Å². The number of ether oxygens (including phenoxy) is 2. The molecule has 0 aliphatic carbocycles. The monoisotopic (exact) mass is 593 g/mol. The van der Waals surface area contributed by atoms with Crippen molar-refractivity contribution in [2.75, 3.05) is 11.9 Å². The summed E-state index contributed by atoms with van der Waals surface area (Å²) in [5, 5.41) is 9.85. The van der Waals surface area contributed by atoms with Gasteiger partial charge in [0, 0.05) is 23.4 Å². The molecule has 16 heteroatoms. The maximum absolute atomic E-state index is 14.7. The molecule has 0 atom stereocenters. The van der Waals surface area contributed by atoms with Gasteiger partial charge in [-0.25, -0.2) is 24.1 Å². The highest BCUT2D eigenvalue weighted by atomic mass is 32.2. The molecule has 0 unspecified atom stereocenters. The third-order valence-electron chi connectivity index (χ3n) is 4.93. The zero-order chi connectivity index (χ0) is 30.3. The second-order valence-electron chi connectivity index (χ2n) is 9.51. The largest absolute Gasteiger partial charge is 0.477 e. The summed E-state index contributed by atoms with van der Waals surface area (Å²) in [6.45, 7) is 5.51. The molecular formula is C24H31F4N5O6S. The average molecular weight is 594 g/mol. The predicted octanol–water partition coefficient (Wildman–Crippen LogP) is 4.68. The van der Waals surface area contributed by atoms with Gasteiger partial charge >= 0.3 is 28.5 Å². The number of unbranched alkanes of at least 4 members (excludes halogenated alkanes) is 1. The Hall–Kier alpha value is -3.66. The number of carbonyl (C=O) groups excluding carboxylic acids is 2. The molecule has 222 valence electrons. The zero-order valence-corrected chi connectivity index (χ0v) is 23.1. The molecule has 1 aromatic heterocycles. The smallest absolute Gasteiger partial charge is 0.433 e. The molecule has 0 saturated heterocycles. The Balaban J connectivity index is 2.10. The lowest BCUT2D eigenvalue weighted by molar-refractivity contribution is -0.141. The lowest BCUT2D eigenvalue weighted by Crippen LogP contribution is -2.43. The van der Waals surface area contributed by atoms with Gasteiger partial charge in [-0.05, 0) is 51.5 Å². The number of alkyl halides is 3. The van der Waals surface area contributed by atoms with Crippen LogP contribution in [-0.2, 0) is 34.2 Å². The van der Waals surface area contributed by atoms with Gasteiger partial charge in [-0.3, -0.25) is 0 Å². The first kappa shape index (κ1) is 32.6. The van der Waals surface area contributed by atoms with E-state index in [1.54, 1.807) is 0 Å². The van der Waals surface area contributed by atoms with E-state index in [1.807, 2.05) is 6.92 Å². The number of carbonyl (C=O) groups is 2. The summed E-state index contributed by atoms with van der Waals surface area (Å²) in [5.74, 6) is -1.24. The lowest BCUT2D eigenvalue weighted by atomic mass is 10.2. The van der Waals surface area contributed by atoms with Crippen LogP contribution in [0.15, 0.2) is 30.3 Å². The standard InChI is InChI=1S/C24H31F4N5O6S/c1-5-6-11-38-20-15(8-10-19(32-20)24(26,27)28)13-30-21(34)31-17-9-7-16(18(25)12-17)14-33(40(29,36)37)22(35)39-23(2,3)4/h7-10,12H,5-6,11,13-14H2,1-4H3,(H2,29,36,37)(H2,30,31,34). The number of amides is 3. The molecule has 0 aliphatic heterocycles. The van der Waals surface area contributed by atoms with E-state index in [4.69, 9.17) is 14.6 Å². The molecule has 0 aliphatic rings. The molecule has 2 aromatic rings. The fourth-order valence-electron chi connectivity index (χ4n) is 3.03. The number of nitrogens with one attached hydrogen (secondary N) is 2. The van der Waals surface area contributed by atoms with Crippen molar-refractivity contribution in [2.24, 2.45) is 5.14 Å². The van der Waals surface area contributed by atoms with Crippen LogP contribution in [0.5, 0.6) is 5.88 Å². The van der Waals surface area contributed by atoms with Crippen LogP contribution in [0.4, 0.5) is 32.8 Å². The summed E-state index contributed by atoms with van der Waals surface area (Å²) >= 11 is 0. The van der Waals surface area contributed by atoms with E-state index < -0.39 is 52.2 Å². The molecule has 40 heavy (non-hydrogen) atoms. The highest BCUT2D eigenvalue weighted by Crippen LogP contribution is 2.30. The summed E-state index contributed by atoms with van der Waals surface area (Å²) in [4.78, 5) is 28.2. The lowest BCUT2D eigenvalue weighted by Gasteiger charge is -2.25. The van der Waals surface area contributed by atoms with Gasteiger partial charge in [0.1, 0.15) is 17.1 Å². The molecule has 4 N–H and O–H groups in total. The summed E-state index contributed by atoms with van der Waals surface area (Å²) in [6, 6.07) is 4.32. The third kappa shape index (κ3) is 10.1. The molecule has 3 amide bonds. The van der Waals surface area contributed by atoms with E-state index in [0.29, 0.717) is 6.42 Å². The first-order valence-corrected chi connectivity index (χ1v) is 13.5. The van der Waals surface area contributed by atoms with Gasteiger partial charge in [0.25, 0.3) is 0 Å². The van der Waals surface area contributed by atoms with Crippen molar-refractivity contribution < 1.29 is 45.0 Å². The maximum Gasteiger partial charge on any atom is 0.433 e. The molecule has 0 bridgehead atoms. The van der Waals surface area contributed by atoms with Crippen molar-refractivity contribution in [2.45, 2.75) is 65.4 Å². The summed E-state index contributed by atoms with van der Waals surface area (Å²) in [6.07, 6.45) is -4.65. The van der Waals surface area contributed by atoms with Crippen LogP contribution in [0.1, 0.15) is 57.4 Å². The highest BCUT2D eigenvalue weighted by molar-refractivity contribution is 7.87. The molecule has 1 heterocycles. The topological polar surface area (TPSA) is 153 Å². The Bertz CT molecular complexity index is 1320. The van der Waals surface area contributed by atoms with Gasteiger partial charge in [0.15, 0.2) is 0 Å². The number of anilines is 1. The van der Waals surface area contributed by atoms with Crippen LogP contribution in [0.25, 0.3) is 0 Å². The Morgan fingerprint density at radius 1 is 1.10 bits per heavy atom. The van der Waals surface area contributed by atoms with Gasteiger partial charge in [-0.1, -0.05) is 19.4 Å². The molecule has 0 spiro atoms. The molecule has 0 fully saturated rings. The molecule has 11 nitrogen and oxygen atoms in total. The van der Waals surface area contributed by atoms with Crippen molar-refractivity contribution in [3.63, 3.8) is 0 Å². The fourth-order valence-corrected chi connectivity index (χ4v) is 3.59. The quantitative estimate of drug-likeness (QED) is 0.267. The number of pyridine rings is 1. The van der Waals surface area contributed by atoms with Crippen LogP contribution >= 0.6 is 0 Å². The normalized spacial score (nSPS) is 12.0. The van der Waals surface area contributed by atoms with Gasteiger partial charge in [0.2, 0.25) is 5.88 Å². The van der Waals surface area contributed by atoms with Gasteiger partial charge in [-0.2, -0.15) is 25.9 Å². The first-order valence-electron chi connectivity index (χ1n) is 12.0. The first-order chi connectivity index (χ1) is 18.4. The molecular weight excluding hydrogens is 562 g/mol. The van der Waals surface area contributed by atoms with E-state index in [0.717, 1.165) is 30.7 Å². The van der Waals surface area contributed by atoms with E-state index in [9.17, 15) is 35.6 Å². The Morgan fingerprint density at radius 2 is 1.75 bits per heavy atom. The van der Waals surface area contributed by atoms with E-state index in [-0.39, 0.29) is 40.2 Å². The number of urea groups is 1. The van der Waals surface area contributed by atoms with Gasteiger partial charge in [-0.15, -0.1) is 0 Å². The van der Waals surface area contributed by atoms with E-state index in [2.05, 4.69) is 15.6 Å². The van der Waals surface area contributed by atoms with Crippen LogP contribution < -0.4 is 20.5 Å². The number of nitrogens with two attached hydrogens (primary N) is 1. The molecule has 2 rings (SSSR count). The zero-order valence-electron chi connectivity index (χ0n) is 22.3. The number of hydrogen-bond donors (Lipinski definition) is 3. The minimum atomic E-state index is -4.68. The Labute approximate surface area is 229 Å². The van der Waals surface area contributed by atoms with Crippen LogP contribution in [-0.4, -0.2) is 42.0 Å². The predicted molar refractivity (Wildman–Crippen MR) is 137 cm³/mol. The van der Waals surface area contributed by atoms with Crippen LogP contribution in [0.2, 0.25) is 0 Å². The average Bonchev–Trinajstić information content (AvgIpc) is 2.80. The minimum Gasteiger partial charge on any atom is -0.477 e. The summed E-state index contributed by atoms with van der Waals surface area (Å²) in [5.41, 5.74) is -2.28. The van der Waals surface area contributed by atoms with Crippen molar-refractivity contribution >= 4 is 28.0 Å². The Morgan fingerprint density at radius 3 is 2.30 bits per heavy atom. The fraction of sp³-hybridized carbons (Fsp3) is 0.458. The number of benzene rings is 1. The molecule has 0 saturated carbocycles. The van der Waals surface area contributed by atoms with E-state index >= 15 is 0 Å². The van der Waals surface area contributed by atoms with Gasteiger partial charge in [0.05, 0.1) is 13.2 Å². The third-order valence-corrected chi connectivity index (χ3v) is 5.83. The summed E-state index contributed by atoms with van der Waals surface area (Å²) < 4.78 is 88.2. The number of hydrogen-bond acceptors (Lipinski definition) is 7. The molecule has 1 aromatic carbocycles. The number of aromatic nitrogens is 1. The molecule has 0 radical (unpaired) electrons. The number of nitrogens with zero attached hydrogens (tertiary/aromatic N) is 2. The number of rotatable bonds is 10. The maximum atomic E-state index is 14.7. The van der Waals surface area contributed by atoms with Crippen LogP contribution in [0, 0.1) is 5.82 Å². The second-order valence-corrected chi connectivity index (χ2v) is 11.0. The van der Waals surface area contributed by atoms with Crippen molar-refractivity contribution in [1.29, 1.82) is 0 Å². The Kier molecular flexibility index (Phi) is 10.7. The summed E-state index contributed by atoms with van der Waals surface area (Å²) in [7, 11) is -4.60.